The van der Waals surface area contributed by atoms with Gasteiger partial charge in [0.15, 0.2) is 0 Å². The molecule has 0 aromatic carbocycles. The molecule has 0 radical (unpaired) electrons. The first-order chi connectivity index (χ1) is 10.4. The Morgan fingerprint density at radius 3 is 1.95 bits per heavy atom. The normalized spacial score (nSPS) is 18.1. The number of rotatable bonds is 12. The van der Waals surface area contributed by atoms with Crippen LogP contribution >= 0.6 is 8.58 Å². The van der Waals surface area contributed by atoms with E-state index in [1.165, 1.54) is 104 Å². The summed E-state index contributed by atoms with van der Waals surface area (Å²) in [6.45, 7) is 2.30. The van der Waals surface area contributed by atoms with E-state index in [2.05, 4.69) is 6.92 Å². The van der Waals surface area contributed by atoms with E-state index < -0.39 is 0 Å². The number of unbranched alkanes of at least 4 members (excludes halogenated alkanes) is 6. The fourth-order valence-corrected chi connectivity index (χ4v) is 4.92. The highest BCUT2D eigenvalue weighted by Crippen LogP contribution is 2.27. The largest absolute Gasteiger partial charge is 0.122 e. The van der Waals surface area contributed by atoms with E-state index in [9.17, 15) is 0 Å². The van der Waals surface area contributed by atoms with Crippen LogP contribution in [0.1, 0.15) is 110 Å². The van der Waals surface area contributed by atoms with Crippen LogP contribution in [0.3, 0.4) is 0 Å². The summed E-state index contributed by atoms with van der Waals surface area (Å²) in [5.74, 6) is 1.09. The summed E-state index contributed by atoms with van der Waals surface area (Å²) < 4.78 is 0. The zero-order valence-electron chi connectivity index (χ0n) is 14.8. The lowest BCUT2D eigenvalue weighted by Gasteiger charge is -2.19. The lowest BCUT2D eigenvalue weighted by molar-refractivity contribution is 0.351. The van der Waals surface area contributed by atoms with Gasteiger partial charge in [0.05, 0.1) is 0 Å². The van der Waals surface area contributed by atoms with E-state index in [1.807, 2.05) is 0 Å². The molecule has 1 unspecified atom stereocenters. The van der Waals surface area contributed by atoms with Gasteiger partial charge in [0, 0.05) is 0 Å². The minimum Gasteiger partial charge on any atom is -0.122 e. The second-order valence-electron chi connectivity index (χ2n) is 7.22. The lowest BCUT2D eigenvalue weighted by Crippen LogP contribution is -2.03. The summed E-state index contributed by atoms with van der Waals surface area (Å²) in [5, 5.41) is 0. The Bertz CT molecular complexity index is 194. The van der Waals surface area contributed by atoms with Gasteiger partial charge in [0.2, 0.25) is 0 Å². The van der Waals surface area contributed by atoms with E-state index in [0.29, 0.717) is 0 Å². The Morgan fingerprint density at radius 2 is 1.24 bits per heavy atom. The molecule has 0 aromatic heterocycles. The second kappa shape index (κ2) is 15.3. The standard InChI is InChI=1S/C20H41P/c1-2-3-4-5-9-13-18-21-19-14-12-17-20-15-10-7-6-8-11-16-20/h20-21H,2-19H2,1H3. The third-order valence-corrected chi connectivity index (χ3v) is 6.56. The Labute approximate surface area is 137 Å². The van der Waals surface area contributed by atoms with Crippen LogP contribution in [0.25, 0.3) is 0 Å². The van der Waals surface area contributed by atoms with Gasteiger partial charge >= 0.3 is 0 Å². The average molecular weight is 313 g/mol. The molecular formula is C20H41P. The van der Waals surface area contributed by atoms with Crippen LogP contribution in [0, 0.1) is 5.92 Å². The smallest absolute Gasteiger partial charge is 0.0353 e. The first-order valence-electron chi connectivity index (χ1n) is 10.1. The molecule has 1 heteroatoms. The SMILES string of the molecule is CCCCCCCCPCCCCC1CCCCCCC1. The molecule has 1 rings (SSSR count). The van der Waals surface area contributed by atoms with Gasteiger partial charge in [-0.05, 0) is 31.1 Å². The first-order valence-corrected chi connectivity index (χ1v) is 11.6. The van der Waals surface area contributed by atoms with Crippen molar-refractivity contribution in [3.8, 4) is 0 Å². The highest BCUT2D eigenvalue weighted by atomic mass is 31.1. The third-order valence-electron chi connectivity index (χ3n) is 5.15. The predicted molar refractivity (Wildman–Crippen MR) is 101 cm³/mol. The van der Waals surface area contributed by atoms with Crippen molar-refractivity contribution < 1.29 is 0 Å². The maximum atomic E-state index is 2.30. The molecule has 0 heterocycles. The molecule has 1 aliphatic rings. The number of hydrogen-bond acceptors (Lipinski definition) is 0. The summed E-state index contributed by atoms with van der Waals surface area (Å²) in [6, 6.07) is 0. The van der Waals surface area contributed by atoms with E-state index in [0.717, 1.165) is 5.92 Å². The quantitative estimate of drug-likeness (QED) is 0.258. The van der Waals surface area contributed by atoms with Crippen LogP contribution in [0.4, 0.5) is 0 Å². The molecule has 1 saturated carbocycles. The molecule has 0 saturated heterocycles. The molecule has 126 valence electrons. The summed E-state index contributed by atoms with van der Waals surface area (Å²) in [5.41, 5.74) is 0. The van der Waals surface area contributed by atoms with E-state index >= 15 is 0 Å². The van der Waals surface area contributed by atoms with Gasteiger partial charge in [0.25, 0.3) is 0 Å². The van der Waals surface area contributed by atoms with Gasteiger partial charge in [-0.15, -0.1) is 8.58 Å². The van der Waals surface area contributed by atoms with Gasteiger partial charge in [-0.25, -0.2) is 0 Å². The average Bonchev–Trinajstić information content (AvgIpc) is 2.46. The lowest BCUT2D eigenvalue weighted by atomic mass is 9.88. The molecule has 1 atom stereocenters. The molecule has 1 fully saturated rings. The van der Waals surface area contributed by atoms with E-state index in [-0.39, 0.29) is 0 Å². The monoisotopic (exact) mass is 312 g/mol. The predicted octanol–water partition coefficient (Wildman–Crippen LogP) is 7.56. The maximum absolute atomic E-state index is 2.30. The summed E-state index contributed by atoms with van der Waals surface area (Å²) in [4.78, 5) is 0. The topological polar surface area (TPSA) is 0 Å². The van der Waals surface area contributed by atoms with Crippen LogP contribution in [0.5, 0.6) is 0 Å². The van der Waals surface area contributed by atoms with Crippen molar-refractivity contribution in [1.29, 1.82) is 0 Å². The van der Waals surface area contributed by atoms with E-state index in [4.69, 9.17) is 0 Å². The van der Waals surface area contributed by atoms with Crippen molar-refractivity contribution in [3.63, 3.8) is 0 Å². The van der Waals surface area contributed by atoms with Crippen LogP contribution in [0.2, 0.25) is 0 Å². The zero-order chi connectivity index (χ0) is 15.0. The van der Waals surface area contributed by atoms with Crippen LogP contribution in [-0.2, 0) is 0 Å². The highest BCUT2D eigenvalue weighted by molar-refractivity contribution is 7.37. The van der Waals surface area contributed by atoms with Crippen LogP contribution in [-0.4, -0.2) is 12.3 Å². The van der Waals surface area contributed by atoms with Crippen molar-refractivity contribution in [2.24, 2.45) is 5.92 Å². The fraction of sp³-hybridized carbons (Fsp3) is 1.00. The first kappa shape index (κ1) is 19.5. The van der Waals surface area contributed by atoms with Gasteiger partial charge in [-0.3, -0.25) is 0 Å². The zero-order valence-corrected chi connectivity index (χ0v) is 15.8. The third kappa shape index (κ3) is 12.6. The van der Waals surface area contributed by atoms with Gasteiger partial charge in [-0.2, -0.15) is 0 Å². The molecule has 0 aliphatic heterocycles. The van der Waals surface area contributed by atoms with Crippen molar-refractivity contribution in [1.82, 2.24) is 0 Å². The minimum atomic E-state index is 1.09. The Kier molecular flexibility index (Phi) is 14.2. The van der Waals surface area contributed by atoms with Crippen LogP contribution < -0.4 is 0 Å². The van der Waals surface area contributed by atoms with Crippen molar-refractivity contribution in [3.05, 3.63) is 0 Å². The second-order valence-corrected chi connectivity index (χ2v) is 8.72. The molecule has 0 nitrogen and oxygen atoms in total. The minimum absolute atomic E-state index is 1.09. The molecule has 1 aliphatic carbocycles. The van der Waals surface area contributed by atoms with Gasteiger partial charge in [-0.1, -0.05) is 96.8 Å². The maximum Gasteiger partial charge on any atom is -0.0353 e. The summed E-state index contributed by atoms with van der Waals surface area (Å²) >= 11 is 0. The van der Waals surface area contributed by atoms with E-state index in [1.54, 1.807) is 19.3 Å². The summed E-state index contributed by atoms with van der Waals surface area (Å²) in [7, 11) is 1.26. The van der Waals surface area contributed by atoms with Gasteiger partial charge in [0.1, 0.15) is 0 Å². The van der Waals surface area contributed by atoms with Crippen molar-refractivity contribution in [2.45, 2.75) is 110 Å². The van der Waals surface area contributed by atoms with Crippen LogP contribution in [0.15, 0.2) is 0 Å². The fourth-order valence-electron chi connectivity index (χ4n) is 3.67. The molecule has 0 bridgehead atoms. The Balaban J connectivity index is 1.79. The van der Waals surface area contributed by atoms with Crippen molar-refractivity contribution in [2.75, 3.05) is 12.3 Å². The molecule has 0 N–H and O–H groups in total. The van der Waals surface area contributed by atoms with Gasteiger partial charge < -0.3 is 0 Å². The molecule has 0 aromatic rings. The highest BCUT2D eigenvalue weighted by Gasteiger charge is 2.10. The summed E-state index contributed by atoms with van der Waals surface area (Å²) in [6.07, 6.45) is 27.1. The molecular weight excluding hydrogens is 271 g/mol. The van der Waals surface area contributed by atoms with Crippen molar-refractivity contribution >= 4 is 8.58 Å². The molecule has 0 spiro atoms. The molecule has 21 heavy (non-hydrogen) atoms. The molecule has 0 amide bonds. The Morgan fingerprint density at radius 1 is 0.667 bits per heavy atom. The Hall–Kier alpha value is 0.430. The number of hydrogen-bond donors (Lipinski definition) is 0.